The smallest absolute Gasteiger partial charge is 0.156 e. The summed E-state index contributed by atoms with van der Waals surface area (Å²) in [6, 6.07) is 6.15. The van der Waals surface area contributed by atoms with E-state index < -0.39 is 11.2 Å². The van der Waals surface area contributed by atoms with E-state index in [0.717, 1.165) is 18.7 Å². The van der Waals surface area contributed by atoms with Gasteiger partial charge >= 0.3 is 0 Å². The second kappa shape index (κ2) is 7.84. The highest BCUT2D eigenvalue weighted by Crippen LogP contribution is 2.40. The maximum Gasteiger partial charge on any atom is 0.156 e. The zero-order valence-corrected chi connectivity index (χ0v) is 15.6. The SMILES string of the molecule is CCN(CC)CC#C[C@]1(O)C[C@@H](c2ccc(F)cc2)N(C)C[C@]1(C)O. The van der Waals surface area contributed by atoms with E-state index in [9.17, 15) is 14.6 Å². The molecule has 0 radical (unpaired) electrons. The maximum absolute atomic E-state index is 13.2. The van der Waals surface area contributed by atoms with Crippen LogP contribution >= 0.6 is 0 Å². The zero-order chi connectivity index (χ0) is 18.7. The topological polar surface area (TPSA) is 46.9 Å². The van der Waals surface area contributed by atoms with Crippen molar-refractivity contribution in [2.24, 2.45) is 0 Å². The molecule has 2 rings (SSSR count). The molecule has 1 aliphatic heterocycles. The molecule has 0 amide bonds. The molecule has 1 aromatic carbocycles. The van der Waals surface area contributed by atoms with E-state index in [1.807, 2.05) is 11.9 Å². The number of likely N-dealkylation sites (N-methyl/N-ethyl adjacent to an activating group) is 1. The summed E-state index contributed by atoms with van der Waals surface area (Å²) in [4.78, 5) is 4.13. The van der Waals surface area contributed by atoms with E-state index in [0.29, 0.717) is 6.54 Å². The monoisotopic (exact) mass is 348 g/mol. The fourth-order valence-corrected chi connectivity index (χ4v) is 3.37. The molecule has 0 saturated carbocycles. The van der Waals surface area contributed by atoms with E-state index in [2.05, 4.69) is 30.6 Å². The number of likely N-dealkylation sites (tertiary alicyclic amines) is 1. The number of benzene rings is 1. The van der Waals surface area contributed by atoms with Gasteiger partial charge in [-0.1, -0.05) is 37.8 Å². The summed E-state index contributed by atoms with van der Waals surface area (Å²) < 4.78 is 13.2. The van der Waals surface area contributed by atoms with Crippen molar-refractivity contribution in [1.82, 2.24) is 9.80 Å². The van der Waals surface area contributed by atoms with Crippen LogP contribution in [0.25, 0.3) is 0 Å². The molecular weight excluding hydrogens is 319 g/mol. The number of piperidine rings is 1. The van der Waals surface area contributed by atoms with Gasteiger partial charge in [0.2, 0.25) is 0 Å². The van der Waals surface area contributed by atoms with Crippen molar-refractivity contribution in [2.75, 3.05) is 33.2 Å². The molecule has 0 aromatic heterocycles. The lowest BCUT2D eigenvalue weighted by Crippen LogP contribution is -2.62. The van der Waals surface area contributed by atoms with Crippen LogP contribution in [0.4, 0.5) is 4.39 Å². The van der Waals surface area contributed by atoms with Gasteiger partial charge in [-0.15, -0.1) is 0 Å². The van der Waals surface area contributed by atoms with Gasteiger partial charge in [-0.3, -0.25) is 9.80 Å². The number of β-amino-alcohol motifs (C(OH)–C–C–N with tert-alkyl or cyclic N) is 1. The van der Waals surface area contributed by atoms with Gasteiger partial charge in [0.1, 0.15) is 11.4 Å². The first-order valence-electron chi connectivity index (χ1n) is 8.85. The Morgan fingerprint density at radius 3 is 2.40 bits per heavy atom. The Balaban J connectivity index is 2.25. The predicted molar refractivity (Wildman–Crippen MR) is 97.5 cm³/mol. The van der Waals surface area contributed by atoms with Crippen LogP contribution in [0.1, 0.15) is 38.8 Å². The number of aliphatic hydroxyl groups is 2. The highest BCUT2D eigenvalue weighted by Gasteiger charge is 2.51. The first-order valence-corrected chi connectivity index (χ1v) is 8.85. The molecule has 1 heterocycles. The molecule has 5 heteroatoms. The van der Waals surface area contributed by atoms with Crippen LogP contribution in [0, 0.1) is 17.7 Å². The lowest BCUT2D eigenvalue weighted by Gasteiger charge is -2.49. The van der Waals surface area contributed by atoms with Crippen molar-refractivity contribution in [3.63, 3.8) is 0 Å². The molecule has 0 bridgehead atoms. The molecule has 3 atom stereocenters. The van der Waals surface area contributed by atoms with Gasteiger partial charge < -0.3 is 10.2 Å². The third-order valence-electron chi connectivity index (χ3n) is 5.22. The average molecular weight is 348 g/mol. The van der Waals surface area contributed by atoms with E-state index in [-0.39, 0.29) is 24.8 Å². The standard InChI is InChI=1S/C20H29FN2O2/c1-5-23(6-2)13-7-12-20(25)14-18(22(4)15-19(20,3)24)16-8-10-17(21)11-9-16/h8-11,18,24-25H,5-6,13-15H2,1-4H3/t18-,19-,20-/m0/s1. The molecule has 1 aromatic rings. The van der Waals surface area contributed by atoms with Crippen molar-refractivity contribution in [1.29, 1.82) is 0 Å². The lowest BCUT2D eigenvalue weighted by molar-refractivity contribution is -0.160. The number of halogens is 1. The average Bonchev–Trinajstić information content (AvgIpc) is 2.56. The summed E-state index contributed by atoms with van der Waals surface area (Å²) in [6.07, 6.45) is 0.271. The molecule has 1 fully saturated rings. The Kier molecular flexibility index (Phi) is 6.23. The zero-order valence-electron chi connectivity index (χ0n) is 15.6. The summed E-state index contributed by atoms with van der Waals surface area (Å²) in [6.45, 7) is 8.37. The third kappa shape index (κ3) is 4.39. The molecule has 2 N–H and O–H groups in total. The number of hydrogen-bond acceptors (Lipinski definition) is 4. The van der Waals surface area contributed by atoms with Crippen LogP contribution < -0.4 is 0 Å². The van der Waals surface area contributed by atoms with E-state index >= 15 is 0 Å². The van der Waals surface area contributed by atoms with Crippen molar-refractivity contribution in [2.45, 2.75) is 44.4 Å². The Morgan fingerprint density at radius 1 is 1.24 bits per heavy atom. The van der Waals surface area contributed by atoms with Gasteiger partial charge in [-0.25, -0.2) is 4.39 Å². The molecule has 0 unspecified atom stereocenters. The van der Waals surface area contributed by atoms with Gasteiger partial charge in [-0.05, 0) is 44.8 Å². The summed E-state index contributed by atoms with van der Waals surface area (Å²) in [5.74, 6) is 5.68. The van der Waals surface area contributed by atoms with Crippen molar-refractivity contribution < 1.29 is 14.6 Å². The quantitative estimate of drug-likeness (QED) is 0.818. The summed E-state index contributed by atoms with van der Waals surface area (Å²) in [5.41, 5.74) is -1.94. The van der Waals surface area contributed by atoms with Gasteiger partial charge in [-0.2, -0.15) is 0 Å². The Labute approximate surface area is 150 Å². The highest BCUT2D eigenvalue weighted by atomic mass is 19.1. The van der Waals surface area contributed by atoms with Crippen LogP contribution in [0.5, 0.6) is 0 Å². The first-order chi connectivity index (χ1) is 11.7. The Bertz CT molecular complexity index is 631. The van der Waals surface area contributed by atoms with E-state index in [4.69, 9.17) is 0 Å². The molecule has 4 nitrogen and oxygen atoms in total. The second-order valence-electron chi connectivity index (χ2n) is 7.08. The minimum Gasteiger partial charge on any atom is -0.385 e. The van der Waals surface area contributed by atoms with Crippen molar-refractivity contribution in [3.8, 4) is 11.8 Å². The summed E-state index contributed by atoms with van der Waals surface area (Å²) >= 11 is 0. The van der Waals surface area contributed by atoms with Crippen LogP contribution in [-0.2, 0) is 0 Å². The van der Waals surface area contributed by atoms with Gasteiger partial charge in [0.05, 0.1) is 6.54 Å². The molecule has 1 saturated heterocycles. The normalized spacial score (nSPS) is 30.2. The van der Waals surface area contributed by atoms with Crippen LogP contribution in [0.2, 0.25) is 0 Å². The third-order valence-corrected chi connectivity index (χ3v) is 5.22. The van der Waals surface area contributed by atoms with Crippen molar-refractivity contribution in [3.05, 3.63) is 35.6 Å². The number of nitrogens with zero attached hydrogens (tertiary/aromatic N) is 2. The predicted octanol–water partition coefficient (Wildman–Crippen LogP) is 2.03. The van der Waals surface area contributed by atoms with Gasteiger partial charge in [0.15, 0.2) is 5.60 Å². The maximum atomic E-state index is 13.2. The van der Waals surface area contributed by atoms with Crippen LogP contribution in [-0.4, -0.2) is 64.4 Å². The molecule has 138 valence electrons. The molecule has 0 spiro atoms. The van der Waals surface area contributed by atoms with Crippen molar-refractivity contribution >= 4 is 0 Å². The fourth-order valence-electron chi connectivity index (χ4n) is 3.37. The summed E-state index contributed by atoms with van der Waals surface area (Å²) in [5, 5.41) is 21.9. The fraction of sp³-hybridized carbons (Fsp3) is 0.600. The van der Waals surface area contributed by atoms with Crippen LogP contribution in [0.15, 0.2) is 24.3 Å². The molecular formula is C20H29FN2O2. The minimum atomic E-state index is -1.51. The Morgan fingerprint density at radius 2 is 1.84 bits per heavy atom. The van der Waals surface area contributed by atoms with Gasteiger partial charge in [0.25, 0.3) is 0 Å². The lowest BCUT2D eigenvalue weighted by atomic mass is 9.74. The number of rotatable bonds is 4. The van der Waals surface area contributed by atoms with Gasteiger partial charge in [0, 0.05) is 19.0 Å². The molecule has 0 aliphatic carbocycles. The van der Waals surface area contributed by atoms with E-state index in [1.165, 1.54) is 12.1 Å². The highest BCUT2D eigenvalue weighted by molar-refractivity contribution is 5.29. The summed E-state index contributed by atoms with van der Waals surface area (Å²) in [7, 11) is 1.89. The molecule has 25 heavy (non-hydrogen) atoms. The first kappa shape index (κ1) is 19.9. The minimum absolute atomic E-state index is 0.131. The molecule has 1 aliphatic rings. The van der Waals surface area contributed by atoms with E-state index in [1.54, 1.807) is 19.1 Å². The van der Waals surface area contributed by atoms with Crippen LogP contribution in [0.3, 0.4) is 0 Å². The number of hydrogen-bond donors (Lipinski definition) is 2. The second-order valence-corrected chi connectivity index (χ2v) is 7.08. The largest absolute Gasteiger partial charge is 0.385 e. The Hall–Kier alpha value is -1.45.